The highest BCUT2D eigenvalue weighted by molar-refractivity contribution is 7.92. The number of aromatic nitrogens is 1. The van der Waals surface area contributed by atoms with Gasteiger partial charge >= 0.3 is 0 Å². The molecule has 0 saturated carbocycles. The lowest BCUT2D eigenvalue weighted by molar-refractivity contribution is 0.350. The van der Waals surface area contributed by atoms with Gasteiger partial charge in [-0.3, -0.25) is 9.29 Å². The Morgan fingerprint density at radius 3 is 2.18 bits per heavy atom. The minimum atomic E-state index is -4.09. The third kappa shape index (κ3) is 2.82. The Bertz CT molecular complexity index is 766. The number of nitrogens with zero attached hydrogens (tertiary/aromatic N) is 2. The molecule has 0 saturated heterocycles. The fraction of sp³-hybridized carbons (Fsp3) is 0.214. The molecule has 1 heterocycles. The summed E-state index contributed by atoms with van der Waals surface area (Å²) in [7, 11) is -0.0633. The maximum Gasteiger partial charge on any atom is 0.267 e. The van der Waals surface area contributed by atoms with Crippen LogP contribution in [0.4, 0.5) is 10.1 Å². The van der Waals surface area contributed by atoms with E-state index < -0.39 is 20.7 Å². The summed E-state index contributed by atoms with van der Waals surface area (Å²) in [6.07, 6.45) is 2.90. The highest BCUT2D eigenvalue weighted by atomic mass is 32.2. The molecule has 0 N–H and O–H groups in total. The van der Waals surface area contributed by atoms with Gasteiger partial charge in [0.25, 0.3) is 10.0 Å². The van der Waals surface area contributed by atoms with Crippen LogP contribution < -0.4 is 13.8 Å². The predicted molar refractivity (Wildman–Crippen MR) is 79.3 cm³/mol. The first-order valence-electron chi connectivity index (χ1n) is 6.22. The van der Waals surface area contributed by atoms with E-state index in [0.717, 1.165) is 16.4 Å². The van der Waals surface area contributed by atoms with Gasteiger partial charge in [0, 0.05) is 31.6 Å². The van der Waals surface area contributed by atoms with E-state index in [-0.39, 0.29) is 11.5 Å². The van der Waals surface area contributed by atoms with Crippen LogP contribution >= 0.6 is 0 Å². The minimum absolute atomic E-state index is 0.116. The lowest BCUT2D eigenvalue weighted by Crippen LogP contribution is -2.27. The maximum absolute atomic E-state index is 14.2. The van der Waals surface area contributed by atoms with Gasteiger partial charge in [-0.2, -0.15) is 0 Å². The molecule has 0 unspecified atom stereocenters. The summed E-state index contributed by atoms with van der Waals surface area (Å²) in [5.74, 6) is -0.672. The second-order valence-corrected chi connectivity index (χ2v) is 6.25. The zero-order valence-corrected chi connectivity index (χ0v) is 13.1. The molecule has 6 nitrogen and oxygen atoms in total. The number of sulfonamides is 1. The average molecular weight is 326 g/mol. The number of benzene rings is 1. The third-order valence-electron chi connectivity index (χ3n) is 3.10. The first-order valence-corrected chi connectivity index (χ1v) is 7.66. The van der Waals surface area contributed by atoms with Gasteiger partial charge in [0.2, 0.25) is 0 Å². The van der Waals surface area contributed by atoms with E-state index in [4.69, 9.17) is 9.47 Å². The number of rotatable bonds is 5. The van der Waals surface area contributed by atoms with Gasteiger partial charge < -0.3 is 9.47 Å². The summed E-state index contributed by atoms with van der Waals surface area (Å²) in [6, 6.07) is 5.10. The van der Waals surface area contributed by atoms with E-state index in [0.29, 0.717) is 5.69 Å². The fourth-order valence-electron chi connectivity index (χ4n) is 1.87. The van der Waals surface area contributed by atoms with Crippen molar-refractivity contribution in [1.29, 1.82) is 0 Å². The van der Waals surface area contributed by atoms with Crippen LogP contribution in [0.3, 0.4) is 0 Å². The largest absolute Gasteiger partial charge is 0.493 e. The summed E-state index contributed by atoms with van der Waals surface area (Å²) in [5, 5.41) is 0. The normalized spacial score (nSPS) is 11.1. The molecule has 0 radical (unpaired) electrons. The van der Waals surface area contributed by atoms with Crippen molar-refractivity contribution in [3.05, 3.63) is 42.5 Å². The van der Waals surface area contributed by atoms with E-state index in [1.165, 1.54) is 45.8 Å². The smallest absolute Gasteiger partial charge is 0.267 e. The van der Waals surface area contributed by atoms with Gasteiger partial charge in [0.15, 0.2) is 11.5 Å². The number of ether oxygens (including phenoxy) is 2. The van der Waals surface area contributed by atoms with Crippen molar-refractivity contribution in [1.82, 2.24) is 4.98 Å². The van der Waals surface area contributed by atoms with Gasteiger partial charge in [-0.25, -0.2) is 12.8 Å². The van der Waals surface area contributed by atoms with E-state index in [1.54, 1.807) is 0 Å². The number of halogens is 1. The minimum Gasteiger partial charge on any atom is -0.493 e. The van der Waals surface area contributed by atoms with Crippen LogP contribution in [0.15, 0.2) is 41.6 Å². The Kier molecular flexibility index (Phi) is 4.51. The van der Waals surface area contributed by atoms with Crippen molar-refractivity contribution in [2.24, 2.45) is 0 Å². The standard InChI is InChI=1S/C14H15FN2O4S/c1-17(10-4-6-16-7-5-10)22(18,19)14-9-13(21-3)12(20-2)8-11(14)15/h4-9H,1-3H3. The van der Waals surface area contributed by atoms with Crippen molar-refractivity contribution >= 4 is 15.7 Å². The van der Waals surface area contributed by atoms with Crippen molar-refractivity contribution in [3.8, 4) is 11.5 Å². The quantitative estimate of drug-likeness (QED) is 0.841. The number of hydrogen-bond acceptors (Lipinski definition) is 5. The molecule has 0 fully saturated rings. The van der Waals surface area contributed by atoms with Crippen molar-refractivity contribution in [2.45, 2.75) is 4.90 Å². The first kappa shape index (κ1) is 16.0. The summed E-state index contributed by atoms with van der Waals surface area (Å²) in [6.45, 7) is 0. The van der Waals surface area contributed by atoms with E-state index in [1.807, 2.05) is 0 Å². The Balaban J connectivity index is 2.54. The molecule has 2 aromatic rings. The SMILES string of the molecule is COc1cc(F)c(S(=O)(=O)N(C)c2ccncc2)cc1OC. The van der Waals surface area contributed by atoms with Crippen LogP contribution in [-0.2, 0) is 10.0 Å². The van der Waals surface area contributed by atoms with Crippen LogP contribution in [0, 0.1) is 5.82 Å². The summed E-state index contributed by atoms with van der Waals surface area (Å²) >= 11 is 0. The molecular weight excluding hydrogens is 311 g/mol. The van der Waals surface area contributed by atoms with Crippen LogP contribution in [-0.4, -0.2) is 34.7 Å². The van der Waals surface area contributed by atoms with Crippen molar-refractivity contribution < 1.29 is 22.3 Å². The Morgan fingerprint density at radius 2 is 1.64 bits per heavy atom. The zero-order chi connectivity index (χ0) is 16.3. The number of hydrogen-bond donors (Lipinski definition) is 0. The molecular formula is C14H15FN2O4S. The second-order valence-electron chi connectivity index (χ2n) is 4.32. The Morgan fingerprint density at radius 1 is 1.09 bits per heavy atom. The zero-order valence-electron chi connectivity index (χ0n) is 12.3. The Labute approximate surface area is 128 Å². The molecule has 1 aromatic carbocycles. The van der Waals surface area contributed by atoms with Crippen LogP contribution in [0.2, 0.25) is 0 Å². The topological polar surface area (TPSA) is 68.7 Å². The van der Waals surface area contributed by atoms with Gasteiger partial charge in [-0.05, 0) is 12.1 Å². The predicted octanol–water partition coefficient (Wildman–Crippen LogP) is 2.06. The molecule has 0 amide bonds. The second kappa shape index (κ2) is 6.18. The van der Waals surface area contributed by atoms with Crippen molar-refractivity contribution in [3.63, 3.8) is 0 Å². The van der Waals surface area contributed by atoms with Crippen LogP contribution in [0.25, 0.3) is 0 Å². The van der Waals surface area contributed by atoms with E-state index in [9.17, 15) is 12.8 Å². The first-order chi connectivity index (χ1) is 10.4. The number of methoxy groups -OCH3 is 2. The third-order valence-corrected chi connectivity index (χ3v) is 4.90. The fourth-order valence-corrected chi connectivity index (χ4v) is 3.13. The molecule has 0 aliphatic heterocycles. The van der Waals surface area contributed by atoms with Crippen LogP contribution in [0.5, 0.6) is 11.5 Å². The number of pyridine rings is 1. The lowest BCUT2D eigenvalue weighted by Gasteiger charge is -2.20. The monoisotopic (exact) mass is 326 g/mol. The number of anilines is 1. The maximum atomic E-state index is 14.2. The average Bonchev–Trinajstić information content (AvgIpc) is 2.54. The molecule has 2 rings (SSSR count). The van der Waals surface area contributed by atoms with Gasteiger partial charge in [0.1, 0.15) is 10.7 Å². The van der Waals surface area contributed by atoms with E-state index >= 15 is 0 Å². The molecule has 8 heteroatoms. The molecule has 0 atom stereocenters. The highest BCUT2D eigenvalue weighted by Crippen LogP contribution is 2.33. The summed E-state index contributed by atoms with van der Waals surface area (Å²) in [4.78, 5) is 3.32. The summed E-state index contributed by atoms with van der Waals surface area (Å²) in [5.41, 5.74) is 0.365. The van der Waals surface area contributed by atoms with Gasteiger partial charge in [-0.15, -0.1) is 0 Å². The summed E-state index contributed by atoms with van der Waals surface area (Å²) < 4.78 is 50.3. The van der Waals surface area contributed by atoms with Gasteiger partial charge in [-0.1, -0.05) is 0 Å². The highest BCUT2D eigenvalue weighted by Gasteiger charge is 2.27. The molecule has 0 spiro atoms. The molecule has 22 heavy (non-hydrogen) atoms. The molecule has 0 bridgehead atoms. The molecule has 0 aliphatic rings. The molecule has 0 aliphatic carbocycles. The van der Waals surface area contributed by atoms with E-state index in [2.05, 4.69) is 4.98 Å². The lowest BCUT2D eigenvalue weighted by atomic mass is 10.3. The molecule has 1 aromatic heterocycles. The Hall–Kier alpha value is -2.35. The van der Waals surface area contributed by atoms with Gasteiger partial charge in [0.05, 0.1) is 19.9 Å². The molecule has 118 valence electrons. The van der Waals surface area contributed by atoms with Crippen LogP contribution in [0.1, 0.15) is 0 Å². The van der Waals surface area contributed by atoms with Crippen molar-refractivity contribution in [2.75, 3.05) is 25.6 Å².